The molecule has 1 aromatic heterocycles. The second-order valence-corrected chi connectivity index (χ2v) is 7.34. The molecule has 0 N–H and O–H groups in total. The molecule has 0 amide bonds. The molecule has 0 saturated carbocycles. The number of sulfone groups is 1. The van der Waals surface area contributed by atoms with E-state index < -0.39 is 9.84 Å². The second-order valence-electron chi connectivity index (χ2n) is 5.11. The molecule has 7 heteroatoms. The first-order valence-electron chi connectivity index (χ1n) is 7.01. The topological polar surface area (TPSA) is 68.7 Å². The van der Waals surface area contributed by atoms with Crippen LogP contribution in [-0.2, 0) is 16.4 Å². The Hall–Kier alpha value is -1.34. The van der Waals surface area contributed by atoms with E-state index in [1.54, 1.807) is 26.5 Å². The fourth-order valence-corrected chi connectivity index (χ4v) is 4.48. The van der Waals surface area contributed by atoms with Crippen LogP contribution in [0.25, 0.3) is 0 Å². The molecule has 0 spiro atoms. The molecule has 0 radical (unpaired) electrons. The van der Waals surface area contributed by atoms with Crippen molar-refractivity contribution in [3.63, 3.8) is 0 Å². The van der Waals surface area contributed by atoms with Gasteiger partial charge in [-0.05, 0) is 13.0 Å². The highest BCUT2D eigenvalue weighted by Crippen LogP contribution is 2.30. The van der Waals surface area contributed by atoms with Crippen LogP contribution in [0.5, 0.6) is 11.5 Å². The number of hydrogen-bond donors (Lipinski definition) is 0. The Morgan fingerprint density at radius 3 is 2.67 bits per heavy atom. The SMILES string of the molecule is CCN(Cc1nccc(OC)c1OC)[C@@H]1CCS(=O)(=O)C1. The summed E-state index contributed by atoms with van der Waals surface area (Å²) >= 11 is 0. The average molecular weight is 314 g/mol. The molecular weight excluding hydrogens is 292 g/mol. The molecule has 1 aromatic rings. The maximum absolute atomic E-state index is 11.7. The van der Waals surface area contributed by atoms with Gasteiger partial charge in [0, 0.05) is 24.8 Å². The summed E-state index contributed by atoms with van der Waals surface area (Å²) in [4.78, 5) is 6.49. The molecular formula is C14H22N2O4S. The van der Waals surface area contributed by atoms with Crippen LogP contribution in [0.3, 0.4) is 0 Å². The molecule has 21 heavy (non-hydrogen) atoms. The normalized spacial score (nSPS) is 20.7. The molecule has 6 nitrogen and oxygen atoms in total. The monoisotopic (exact) mass is 314 g/mol. The Balaban J connectivity index is 2.19. The van der Waals surface area contributed by atoms with Gasteiger partial charge in [-0.3, -0.25) is 9.88 Å². The third-order valence-corrected chi connectivity index (χ3v) is 5.60. The van der Waals surface area contributed by atoms with Crippen molar-refractivity contribution < 1.29 is 17.9 Å². The van der Waals surface area contributed by atoms with Crippen molar-refractivity contribution in [1.82, 2.24) is 9.88 Å². The van der Waals surface area contributed by atoms with Crippen LogP contribution in [0, 0.1) is 0 Å². The minimum atomic E-state index is -2.89. The third kappa shape index (κ3) is 3.65. The number of pyridine rings is 1. The van der Waals surface area contributed by atoms with Gasteiger partial charge in [0.05, 0.1) is 25.7 Å². The Kier molecular flexibility index (Phi) is 5.05. The van der Waals surface area contributed by atoms with Gasteiger partial charge in [-0.25, -0.2) is 8.42 Å². The lowest BCUT2D eigenvalue weighted by Gasteiger charge is -2.26. The summed E-state index contributed by atoms with van der Waals surface area (Å²) in [7, 11) is 0.279. The smallest absolute Gasteiger partial charge is 0.183 e. The fourth-order valence-electron chi connectivity index (χ4n) is 2.72. The van der Waals surface area contributed by atoms with Crippen molar-refractivity contribution in [3.8, 4) is 11.5 Å². The van der Waals surface area contributed by atoms with Crippen molar-refractivity contribution >= 4 is 9.84 Å². The summed E-state index contributed by atoms with van der Waals surface area (Å²) in [6, 6.07) is 1.80. The van der Waals surface area contributed by atoms with E-state index >= 15 is 0 Å². The van der Waals surface area contributed by atoms with E-state index in [0.717, 1.165) is 12.2 Å². The lowest BCUT2D eigenvalue weighted by atomic mass is 10.2. The molecule has 118 valence electrons. The largest absolute Gasteiger partial charge is 0.493 e. The zero-order chi connectivity index (χ0) is 15.5. The van der Waals surface area contributed by atoms with Crippen LogP contribution < -0.4 is 9.47 Å². The van der Waals surface area contributed by atoms with Crippen molar-refractivity contribution in [1.29, 1.82) is 0 Å². The van der Waals surface area contributed by atoms with Crippen LogP contribution in [0.4, 0.5) is 0 Å². The highest BCUT2D eigenvalue weighted by Gasteiger charge is 2.32. The van der Waals surface area contributed by atoms with Crippen LogP contribution in [0.1, 0.15) is 19.0 Å². The van der Waals surface area contributed by atoms with Crippen molar-refractivity contribution in [2.75, 3.05) is 32.3 Å². The van der Waals surface area contributed by atoms with E-state index in [1.807, 2.05) is 6.92 Å². The zero-order valence-electron chi connectivity index (χ0n) is 12.7. The summed E-state index contributed by atoms with van der Waals surface area (Å²) in [6.45, 7) is 3.34. The molecule has 0 bridgehead atoms. The van der Waals surface area contributed by atoms with Crippen molar-refractivity contribution in [2.45, 2.75) is 25.9 Å². The van der Waals surface area contributed by atoms with E-state index in [4.69, 9.17) is 9.47 Å². The number of methoxy groups -OCH3 is 2. The van der Waals surface area contributed by atoms with Crippen molar-refractivity contribution in [3.05, 3.63) is 18.0 Å². The Bertz CT molecular complexity index is 589. The summed E-state index contributed by atoms with van der Waals surface area (Å²) in [5.74, 6) is 1.75. The Morgan fingerprint density at radius 2 is 2.14 bits per heavy atom. The highest BCUT2D eigenvalue weighted by molar-refractivity contribution is 7.91. The van der Waals surface area contributed by atoms with Gasteiger partial charge in [0.15, 0.2) is 21.3 Å². The first-order chi connectivity index (χ1) is 10.0. The van der Waals surface area contributed by atoms with E-state index in [0.29, 0.717) is 24.5 Å². The molecule has 1 aliphatic rings. The molecule has 0 aliphatic carbocycles. The molecule has 0 aromatic carbocycles. The van der Waals surface area contributed by atoms with Gasteiger partial charge in [-0.2, -0.15) is 0 Å². The molecule has 1 saturated heterocycles. The number of ether oxygens (including phenoxy) is 2. The van der Waals surface area contributed by atoms with E-state index in [-0.39, 0.29) is 17.5 Å². The van der Waals surface area contributed by atoms with Gasteiger partial charge in [-0.1, -0.05) is 6.92 Å². The van der Waals surface area contributed by atoms with Crippen LogP contribution in [0.2, 0.25) is 0 Å². The lowest BCUT2D eigenvalue weighted by molar-refractivity contribution is 0.208. The maximum atomic E-state index is 11.7. The highest BCUT2D eigenvalue weighted by atomic mass is 32.2. The maximum Gasteiger partial charge on any atom is 0.183 e. The second kappa shape index (κ2) is 6.62. The van der Waals surface area contributed by atoms with Gasteiger partial charge in [0.2, 0.25) is 0 Å². The average Bonchev–Trinajstić information content (AvgIpc) is 2.84. The number of aromatic nitrogens is 1. The molecule has 2 heterocycles. The minimum absolute atomic E-state index is 0.0534. The predicted molar refractivity (Wildman–Crippen MR) is 80.5 cm³/mol. The van der Waals surface area contributed by atoms with Crippen LogP contribution in [-0.4, -0.2) is 56.6 Å². The Labute approximate surface area is 126 Å². The van der Waals surface area contributed by atoms with Crippen LogP contribution in [0.15, 0.2) is 12.3 Å². The summed E-state index contributed by atoms with van der Waals surface area (Å²) in [5.41, 5.74) is 0.767. The molecule has 2 rings (SSSR count). The van der Waals surface area contributed by atoms with E-state index in [2.05, 4.69) is 9.88 Å². The summed E-state index contributed by atoms with van der Waals surface area (Å²) in [5, 5.41) is 0. The number of nitrogens with zero attached hydrogens (tertiary/aromatic N) is 2. The number of rotatable bonds is 6. The third-order valence-electron chi connectivity index (χ3n) is 3.85. The van der Waals surface area contributed by atoms with Gasteiger partial charge < -0.3 is 9.47 Å². The van der Waals surface area contributed by atoms with E-state index in [1.165, 1.54) is 0 Å². The standard InChI is InChI=1S/C14H22N2O4S/c1-4-16(11-6-8-21(17,18)10-11)9-12-14(20-3)13(19-2)5-7-15-12/h5,7,11H,4,6,8-10H2,1-3H3/t11-/m1/s1. The molecule has 1 fully saturated rings. The minimum Gasteiger partial charge on any atom is -0.493 e. The molecule has 0 unspecified atom stereocenters. The van der Waals surface area contributed by atoms with Gasteiger partial charge in [0.25, 0.3) is 0 Å². The summed E-state index contributed by atoms with van der Waals surface area (Å²) in [6.07, 6.45) is 2.36. The lowest BCUT2D eigenvalue weighted by Crippen LogP contribution is -2.35. The van der Waals surface area contributed by atoms with Gasteiger partial charge in [0.1, 0.15) is 5.69 Å². The van der Waals surface area contributed by atoms with Crippen molar-refractivity contribution in [2.24, 2.45) is 0 Å². The molecule has 1 atom stereocenters. The summed E-state index contributed by atoms with van der Waals surface area (Å²) < 4.78 is 34.0. The zero-order valence-corrected chi connectivity index (χ0v) is 13.5. The van der Waals surface area contributed by atoms with Gasteiger partial charge >= 0.3 is 0 Å². The predicted octanol–water partition coefficient (Wildman–Crippen LogP) is 1.11. The first kappa shape index (κ1) is 16.0. The number of hydrogen-bond acceptors (Lipinski definition) is 6. The quantitative estimate of drug-likeness (QED) is 0.783. The first-order valence-corrected chi connectivity index (χ1v) is 8.83. The van der Waals surface area contributed by atoms with Crippen LogP contribution >= 0.6 is 0 Å². The van der Waals surface area contributed by atoms with Gasteiger partial charge in [-0.15, -0.1) is 0 Å². The Morgan fingerprint density at radius 1 is 1.38 bits per heavy atom. The van der Waals surface area contributed by atoms with E-state index in [9.17, 15) is 8.42 Å². The molecule has 1 aliphatic heterocycles. The fraction of sp³-hybridized carbons (Fsp3) is 0.643.